The fourth-order valence-corrected chi connectivity index (χ4v) is 0.765. The summed E-state index contributed by atoms with van der Waals surface area (Å²) in [6, 6.07) is 0. The van der Waals surface area contributed by atoms with Gasteiger partial charge in [0.05, 0.1) is 19.8 Å². The Kier molecular flexibility index (Phi) is 1.97. The average molecular weight is 144 g/mol. The van der Waals surface area contributed by atoms with Gasteiger partial charge in [0.2, 0.25) is 0 Å². The van der Waals surface area contributed by atoms with Crippen LogP contribution in [0.4, 0.5) is 0 Å². The highest BCUT2D eigenvalue weighted by molar-refractivity contribution is 5.09. The van der Waals surface area contributed by atoms with Gasteiger partial charge in [-0.05, 0) is 6.92 Å². The van der Waals surface area contributed by atoms with Crippen LogP contribution >= 0.6 is 0 Å². The third-order valence-corrected chi connectivity index (χ3v) is 1.52. The van der Waals surface area contributed by atoms with Crippen LogP contribution in [0.3, 0.4) is 0 Å². The van der Waals surface area contributed by atoms with E-state index in [1.807, 2.05) is 6.92 Å². The molecule has 0 radical (unpaired) electrons. The summed E-state index contributed by atoms with van der Waals surface area (Å²) >= 11 is 0. The first-order valence-electron chi connectivity index (χ1n) is 3.31. The highest BCUT2D eigenvalue weighted by Gasteiger charge is 2.40. The van der Waals surface area contributed by atoms with Crippen molar-refractivity contribution in [3.8, 4) is 0 Å². The molecule has 0 aliphatic carbocycles. The Hall–Kier alpha value is -0.540. The molecule has 58 valence electrons. The molecule has 1 heterocycles. The summed E-state index contributed by atoms with van der Waals surface area (Å²) in [5.41, 5.74) is -0.907. The lowest BCUT2D eigenvalue weighted by Crippen LogP contribution is -2.51. The molecule has 0 aromatic carbocycles. The largest absolute Gasteiger partial charge is 0.496 e. The second kappa shape index (κ2) is 2.60. The predicted molar refractivity (Wildman–Crippen MR) is 36.5 cm³/mol. The molecule has 0 atom stereocenters. The van der Waals surface area contributed by atoms with E-state index < -0.39 is 5.60 Å². The summed E-state index contributed by atoms with van der Waals surface area (Å²) in [5.74, 6) is 0.418. The maximum Gasteiger partial charge on any atom is 0.167 e. The molecule has 1 aliphatic rings. The molecule has 1 fully saturated rings. The van der Waals surface area contributed by atoms with Crippen molar-refractivity contribution in [2.24, 2.45) is 0 Å². The van der Waals surface area contributed by atoms with E-state index in [2.05, 4.69) is 6.58 Å². The standard InChI is InChI=1S/C7H12O3/c1-3-10-6(2)7(8)4-9-5-7/h8H,2-5H2,1H3. The van der Waals surface area contributed by atoms with Gasteiger partial charge in [-0.2, -0.15) is 0 Å². The first kappa shape index (κ1) is 7.57. The summed E-state index contributed by atoms with van der Waals surface area (Å²) in [5, 5.41) is 9.46. The van der Waals surface area contributed by atoms with Crippen LogP contribution in [-0.2, 0) is 9.47 Å². The lowest BCUT2D eigenvalue weighted by atomic mass is 10.0. The zero-order valence-electron chi connectivity index (χ0n) is 6.09. The number of aliphatic hydroxyl groups is 1. The van der Waals surface area contributed by atoms with E-state index in [4.69, 9.17) is 9.47 Å². The SMILES string of the molecule is C=C(OCC)C1(O)COC1. The molecule has 0 unspecified atom stereocenters. The lowest BCUT2D eigenvalue weighted by Gasteiger charge is -2.36. The van der Waals surface area contributed by atoms with Crippen molar-refractivity contribution in [3.63, 3.8) is 0 Å². The average Bonchev–Trinajstić information content (AvgIpc) is 1.83. The minimum atomic E-state index is -0.907. The Morgan fingerprint density at radius 1 is 1.80 bits per heavy atom. The number of rotatable bonds is 3. The molecule has 0 amide bonds. The quantitative estimate of drug-likeness (QED) is 0.579. The van der Waals surface area contributed by atoms with Crippen LogP contribution in [0.25, 0.3) is 0 Å². The first-order chi connectivity index (χ1) is 4.69. The monoisotopic (exact) mass is 144 g/mol. The van der Waals surface area contributed by atoms with Crippen LogP contribution in [0.1, 0.15) is 6.92 Å². The van der Waals surface area contributed by atoms with Crippen LogP contribution in [0.5, 0.6) is 0 Å². The van der Waals surface area contributed by atoms with Gasteiger partial charge >= 0.3 is 0 Å². The van der Waals surface area contributed by atoms with Gasteiger partial charge in [-0.1, -0.05) is 6.58 Å². The van der Waals surface area contributed by atoms with Crippen LogP contribution in [0.15, 0.2) is 12.3 Å². The van der Waals surface area contributed by atoms with E-state index in [-0.39, 0.29) is 0 Å². The Bertz CT molecular complexity index is 138. The van der Waals surface area contributed by atoms with E-state index in [1.165, 1.54) is 0 Å². The number of hydrogen-bond acceptors (Lipinski definition) is 3. The van der Waals surface area contributed by atoms with Gasteiger partial charge in [-0.3, -0.25) is 0 Å². The number of hydrogen-bond donors (Lipinski definition) is 1. The molecule has 1 N–H and O–H groups in total. The van der Waals surface area contributed by atoms with Crippen molar-refractivity contribution in [1.82, 2.24) is 0 Å². The van der Waals surface area contributed by atoms with Crippen molar-refractivity contribution in [2.75, 3.05) is 19.8 Å². The van der Waals surface area contributed by atoms with E-state index in [1.54, 1.807) is 0 Å². The molecule has 0 bridgehead atoms. The Morgan fingerprint density at radius 2 is 2.40 bits per heavy atom. The van der Waals surface area contributed by atoms with Crippen molar-refractivity contribution in [3.05, 3.63) is 12.3 Å². The molecule has 10 heavy (non-hydrogen) atoms. The third-order valence-electron chi connectivity index (χ3n) is 1.52. The second-order valence-corrected chi connectivity index (χ2v) is 2.38. The van der Waals surface area contributed by atoms with Crippen LogP contribution in [0, 0.1) is 0 Å². The molecule has 0 aromatic rings. The van der Waals surface area contributed by atoms with Crippen molar-refractivity contribution in [2.45, 2.75) is 12.5 Å². The maximum atomic E-state index is 9.46. The van der Waals surface area contributed by atoms with Crippen molar-refractivity contribution < 1.29 is 14.6 Å². The first-order valence-corrected chi connectivity index (χ1v) is 3.31. The number of ether oxygens (including phenoxy) is 2. The minimum Gasteiger partial charge on any atom is -0.496 e. The molecule has 1 rings (SSSR count). The van der Waals surface area contributed by atoms with Crippen LogP contribution in [-0.4, -0.2) is 30.5 Å². The normalized spacial score (nSPS) is 21.4. The predicted octanol–water partition coefficient (Wildman–Crippen LogP) is 0.298. The molecule has 1 saturated heterocycles. The fourth-order valence-electron chi connectivity index (χ4n) is 0.765. The van der Waals surface area contributed by atoms with Crippen molar-refractivity contribution in [1.29, 1.82) is 0 Å². The maximum absolute atomic E-state index is 9.46. The summed E-state index contributed by atoms with van der Waals surface area (Å²) < 4.78 is 9.84. The highest BCUT2D eigenvalue weighted by atomic mass is 16.6. The van der Waals surface area contributed by atoms with Crippen molar-refractivity contribution >= 4 is 0 Å². The highest BCUT2D eigenvalue weighted by Crippen LogP contribution is 2.24. The van der Waals surface area contributed by atoms with Crippen LogP contribution < -0.4 is 0 Å². The second-order valence-electron chi connectivity index (χ2n) is 2.38. The van der Waals surface area contributed by atoms with Gasteiger partial charge in [0, 0.05) is 0 Å². The summed E-state index contributed by atoms with van der Waals surface area (Å²) in [4.78, 5) is 0. The third kappa shape index (κ3) is 1.15. The van der Waals surface area contributed by atoms with Crippen LogP contribution in [0.2, 0.25) is 0 Å². The van der Waals surface area contributed by atoms with E-state index >= 15 is 0 Å². The lowest BCUT2D eigenvalue weighted by molar-refractivity contribution is -0.175. The minimum absolute atomic E-state index is 0.311. The summed E-state index contributed by atoms with van der Waals surface area (Å²) in [6.45, 7) is 6.61. The topological polar surface area (TPSA) is 38.7 Å². The van der Waals surface area contributed by atoms with Gasteiger partial charge < -0.3 is 14.6 Å². The smallest absolute Gasteiger partial charge is 0.167 e. The van der Waals surface area contributed by atoms with E-state index in [0.717, 1.165) is 0 Å². The molecular weight excluding hydrogens is 132 g/mol. The Balaban J connectivity index is 2.39. The Morgan fingerprint density at radius 3 is 2.70 bits per heavy atom. The van der Waals surface area contributed by atoms with Gasteiger partial charge in [0.15, 0.2) is 5.60 Å². The zero-order chi connectivity index (χ0) is 7.61. The molecule has 0 saturated carbocycles. The summed E-state index contributed by atoms with van der Waals surface area (Å²) in [7, 11) is 0. The van der Waals surface area contributed by atoms with Gasteiger partial charge in [0.1, 0.15) is 5.76 Å². The van der Waals surface area contributed by atoms with E-state index in [9.17, 15) is 5.11 Å². The molecule has 0 spiro atoms. The molecule has 1 aliphatic heterocycles. The molecule has 0 aromatic heterocycles. The molecule has 3 heteroatoms. The van der Waals surface area contributed by atoms with E-state index in [0.29, 0.717) is 25.6 Å². The van der Waals surface area contributed by atoms with Gasteiger partial charge in [-0.25, -0.2) is 0 Å². The fraction of sp³-hybridized carbons (Fsp3) is 0.714. The Labute approximate surface area is 60.3 Å². The molecular formula is C7H12O3. The molecule has 3 nitrogen and oxygen atoms in total. The van der Waals surface area contributed by atoms with Gasteiger partial charge in [0.25, 0.3) is 0 Å². The summed E-state index contributed by atoms with van der Waals surface area (Å²) in [6.07, 6.45) is 0. The van der Waals surface area contributed by atoms with Gasteiger partial charge in [-0.15, -0.1) is 0 Å². The zero-order valence-corrected chi connectivity index (χ0v) is 6.09.